The van der Waals surface area contributed by atoms with Gasteiger partial charge in [-0.05, 0) is 61.2 Å². The molecule has 0 saturated carbocycles. The predicted molar refractivity (Wildman–Crippen MR) is 121 cm³/mol. The van der Waals surface area contributed by atoms with Crippen LogP contribution in [-0.4, -0.2) is 51.9 Å². The molecular formula is C22H25ClN2O6S. The molecule has 1 aliphatic rings. The monoisotopic (exact) mass is 480 g/mol. The maximum atomic E-state index is 12.9. The normalized spacial score (nSPS) is 14.2. The highest BCUT2D eigenvalue weighted by Crippen LogP contribution is 2.28. The van der Waals surface area contributed by atoms with Crippen LogP contribution in [0.25, 0.3) is 0 Å². The molecule has 1 amide bonds. The van der Waals surface area contributed by atoms with Crippen molar-refractivity contribution in [2.75, 3.05) is 32.6 Å². The zero-order valence-electron chi connectivity index (χ0n) is 17.9. The maximum Gasteiger partial charge on any atom is 0.337 e. The van der Waals surface area contributed by atoms with E-state index in [-0.39, 0.29) is 39.9 Å². The van der Waals surface area contributed by atoms with Crippen LogP contribution in [0.3, 0.4) is 0 Å². The summed E-state index contributed by atoms with van der Waals surface area (Å²) in [5.41, 5.74) is 1.16. The summed E-state index contributed by atoms with van der Waals surface area (Å²) < 4.78 is 37.2. The minimum absolute atomic E-state index is 0.0579. The number of halogens is 1. The number of aryl methyl sites for hydroxylation is 1. The number of nitrogens with one attached hydrogen (secondary N) is 1. The van der Waals surface area contributed by atoms with E-state index in [1.54, 1.807) is 12.1 Å². The first kappa shape index (κ1) is 24.0. The molecule has 32 heavy (non-hydrogen) atoms. The highest BCUT2D eigenvalue weighted by Gasteiger charge is 2.27. The molecule has 10 heteroatoms. The summed E-state index contributed by atoms with van der Waals surface area (Å²) in [5.74, 6) is -0.384. The third kappa shape index (κ3) is 5.40. The molecule has 3 rings (SSSR count). The number of carbonyl (C=O) groups excluding carboxylic acids is 2. The van der Waals surface area contributed by atoms with Gasteiger partial charge in [0.05, 0.1) is 35.4 Å². The van der Waals surface area contributed by atoms with Gasteiger partial charge in [-0.1, -0.05) is 11.6 Å². The lowest BCUT2D eigenvalue weighted by atomic mass is 10.1. The number of hydrogen-bond acceptors (Lipinski definition) is 6. The fourth-order valence-electron chi connectivity index (χ4n) is 3.52. The molecule has 0 aliphatic carbocycles. The number of benzene rings is 2. The Kier molecular flexibility index (Phi) is 7.76. The molecule has 172 valence electrons. The van der Waals surface area contributed by atoms with Gasteiger partial charge in [0.2, 0.25) is 15.9 Å². The Balaban J connectivity index is 1.73. The topological polar surface area (TPSA) is 102 Å². The van der Waals surface area contributed by atoms with Gasteiger partial charge in [-0.3, -0.25) is 4.79 Å². The first-order valence-electron chi connectivity index (χ1n) is 10.1. The summed E-state index contributed by atoms with van der Waals surface area (Å²) in [7, 11) is -0.822. The van der Waals surface area contributed by atoms with E-state index in [0.29, 0.717) is 24.4 Å². The zero-order valence-corrected chi connectivity index (χ0v) is 19.5. The Labute approximate surface area is 192 Å². The molecule has 1 N–H and O–H groups in total. The first-order chi connectivity index (χ1) is 15.3. The van der Waals surface area contributed by atoms with E-state index in [9.17, 15) is 18.0 Å². The van der Waals surface area contributed by atoms with Crippen molar-refractivity contribution < 1.29 is 27.5 Å². The van der Waals surface area contributed by atoms with Crippen molar-refractivity contribution in [1.82, 2.24) is 4.31 Å². The van der Waals surface area contributed by atoms with Crippen molar-refractivity contribution in [3.8, 4) is 5.75 Å². The van der Waals surface area contributed by atoms with Gasteiger partial charge in [-0.15, -0.1) is 0 Å². The van der Waals surface area contributed by atoms with Crippen LogP contribution in [0.15, 0.2) is 41.3 Å². The molecule has 1 heterocycles. The average molecular weight is 481 g/mol. The number of hydrogen-bond donors (Lipinski definition) is 1. The van der Waals surface area contributed by atoms with Crippen molar-refractivity contribution in [2.45, 2.75) is 30.6 Å². The zero-order chi connectivity index (χ0) is 23.3. The van der Waals surface area contributed by atoms with Gasteiger partial charge in [0.25, 0.3) is 0 Å². The lowest BCUT2D eigenvalue weighted by molar-refractivity contribution is -0.116. The van der Waals surface area contributed by atoms with E-state index in [2.05, 4.69) is 10.1 Å². The molecule has 0 radical (unpaired) electrons. The van der Waals surface area contributed by atoms with E-state index in [1.807, 2.05) is 0 Å². The quantitative estimate of drug-likeness (QED) is 0.580. The maximum absolute atomic E-state index is 12.9. The van der Waals surface area contributed by atoms with Crippen molar-refractivity contribution in [1.29, 1.82) is 0 Å². The molecule has 0 spiro atoms. The Morgan fingerprint density at radius 1 is 1.09 bits per heavy atom. The van der Waals surface area contributed by atoms with Gasteiger partial charge in [0.15, 0.2) is 0 Å². The van der Waals surface area contributed by atoms with Crippen LogP contribution < -0.4 is 10.1 Å². The van der Waals surface area contributed by atoms with Gasteiger partial charge >= 0.3 is 5.97 Å². The number of carbonyl (C=O) groups is 2. The second-order valence-corrected chi connectivity index (χ2v) is 9.66. The summed E-state index contributed by atoms with van der Waals surface area (Å²) in [6.45, 7) is 1.02. The number of esters is 1. The number of anilines is 1. The van der Waals surface area contributed by atoms with Gasteiger partial charge in [0.1, 0.15) is 5.75 Å². The third-order valence-electron chi connectivity index (χ3n) is 5.24. The second-order valence-electron chi connectivity index (χ2n) is 7.32. The van der Waals surface area contributed by atoms with Crippen molar-refractivity contribution >= 4 is 39.2 Å². The molecule has 2 aromatic carbocycles. The van der Waals surface area contributed by atoms with Crippen LogP contribution in [0, 0.1) is 0 Å². The molecule has 1 fully saturated rings. The SMILES string of the molecule is COC(=O)c1ccc(Cl)c(NC(=O)CCc2cc(S(=O)(=O)N3CCCC3)ccc2OC)c1. The largest absolute Gasteiger partial charge is 0.496 e. The lowest BCUT2D eigenvalue weighted by Gasteiger charge is -2.17. The highest BCUT2D eigenvalue weighted by molar-refractivity contribution is 7.89. The number of amides is 1. The van der Waals surface area contributed by atoms with E-state index < -0.39 is 16.0 Å². The van der Waals surface area contributed by atoms with Crippen molar-refractivity contribution in [3.63, 3.8) is 0 Å². The molecule has 8 nitrogen and oxygen atoms in total. The third-order valence-corrected chi connectivity index (χ3v) is 7.46. The number of rotatable bonds is 8. The van der Waals surface area contributed by atoms with Gasteiger partial charge in [-0.25, -0.2) is 13.2 Å². The number of ether oxygens (including phenoxy) is 2. The highest BCUT2D eigenvalue weighted by atomic mass is 35.5. The van der Waals surface area contributed by atoms with Crippen LogP contribution in [0.5, 0.6) is 5.75 Å². The smallest absolute Gasteiger partial charge is 0.337 e. The fourth-order valence-corrected chi connectivity index (χ4v) is 5.25. The predicted octanol–water partition coefficient (Wildman–Crippen LogP) is 3.49. The van der Waals surface area contributed by atoms with Crippen LogP contribution in [0.2, 0.25) is 5.02 Å². The summed E-state index contributed by atoms with van der Waals surface area (Å²) in [6, 6.07) is 9.13. The van der Waals surface area contributed by atoms with Crippen molar-refractivity contribution in [3.05, 3.63) is 52.5 Å². The molecule has 2 aromatic rings. The van der Waals surface area contributed by atoms with E-state index >= 15 is 0 Å². The molecule has 1 saturated heterocycles. The van der Waals surface area contributed by atoms with Crippen LogP contribution in [0.4, 0.5) is 5.69 Å². The summed E-state index contributed by atoms with van der Waals surface area (Å²) in [6.07, 6.45) is 2.01. The van der Waals surface area contributed by atoms with Gasteiger partial charge in [-0.2, -0.15) is 4.31 Å². The lowest BCUT2D eigenvalue weighted by Crippen LogP contribution is -2.28. The molecule has 1 aliphatic heterocycles. The molecular weight excluding hydrogens is 456 g/mol. The molecule has 0 unspecified atom stereocenters. The first-order valence-corrected chi connectivity index (χ1v) is 11.9. The summed E-state index contributed by atoms with van der Waals surface area (Å²) in [4.78, 5) is 24.4. The van der Waals surface area contributed by atoms with E-state index in [1.165, 1.54) is 42.8 Å². The minimum atomic E-state index is -3.58. The van der Waals surface area contributed by atoms with E-state index in [0.717, 1.165) is 12.8 Å². The number of methoxy groups -OCH3 is 2. The minimum Gasteiger partial charge on any atom is -0.496 e. The summed E-state index contributed by atoms with van der Waals surface area (Å²) >= 11 is 6.13. The molecule has 0 atom stereocenters. The summed E-state index contributed by atoms with van der Waals surface area (Å²) in [5, 5.41) is 2.96. The standard InChI is InChI=1S/C22H25ClN2O6S/c1-30-20-9-7-17(32(28,29)25-11-3-4-12-25)13-15(20)6-10-21(26)24-19-14-16(22(27)31-2)5-8-18(19)23/h5,7-9,13-14H,3-4,6,10-12H2,1-2H3,(H,24,26). The fraction of sp³-hybridized carbons (Fsp3) is 0.364. The van der Waals surface area contributed by atoms with Crippen LogP contribution in [-0.2, 0) is 26.0 Å². The van der Waals surface area contributed by atoms with Gasteiger partial charge in [0, 0.05) is 19.5 Å². The van der Waals surface area contributed by atoms with E-state index in [4.69, 9.17) is 16.3 Å². The Hall–Kier alpha value is -2.62. The Morgan fingerprint density at radius 3 is 2.47 bits per heavy atom. The number of sulfonamides is 1. The molecule has 0 aromatic heterocycles. The van der Waals surface area contributed by atoms with Crippen LogP contribution in [0.1, 0.15) is 35.2 Å². The van der Waals surface area contributed by atoms with Gasteiger partial charge < -0.3 is 14.8 Å². The molecule has 0 bridgehead atoms. The van der Waals surface area contributed by atoms with Crippen LogP contribution >= 0.6 is 11.6 Å². The second kappa shape index (κ2) is 10.3. The Bertz CT molecular complexity index is 1110. The van der Waals surface area contributed by atoms with Crippen molar-refractivity contribution in [2.24, 2.45) is 0 Å². The Morgan fingerprint density at radius 2 is 1.81 bits per heavy atom. The average Bonchev–Trinajstić information content (AvgIpc) is 3.34. The number of nitrogens with zero attached hydrogens (tertiary/aromatic N) is 1.